The van der Waals surface area contributed by atoms with Crippen LogP contribution in [0.25, 0.3) is 10.7 Å². The quantitative estimate of drug-likeness (QED) is 0.851. The van der Waals surface area contributed by atoms with Gasteiger partial charge in [-0.3, -0.25) is 0 Å². The highest BCUT2D eigenvalue weighted by Gasteiger charge is 2.18. The van der Waals surface area contributed by atoms with Crippen molar-refractivity contribution in [3.63, 3.8) is 0 Å². The minimum atomic E-state index is 0.248. The first kappa shape index (κ1) is 13.5. The zero-order chi connectivity index (χ0) is 13.9. The summed E-state index contributed by atoms with van der Waals surface area (Å²) in [4.78, 5) is 12.7. The van der Waals surface area contributed by atoms with E-state index in [1.54, 1.807) is 11.3 Å². The molecule has 4 nitrogen and oxygen atoms in total. The van der Waals surface area contributed by atoms with Crippen molar-refractivity contribution in [1.82, 2.24) is 9.97 Å². The van der Waals surface area contributed by atoms with Crippen LogP contribution in [0, 0.1) is 6.92 Å². The molecule has 106 valence electrons. The first-order chi connectivity index (χ1) is 9.72. The molecule has 0 aliphatic carbocycles. The summed E-state index contributed by atoms with van der Waals surface area (Å²) in [6, 6.07) is 6.17. The number of aromatic nitrogens is 2. The molecule has 0 radical (unpaired) electrons. The van der Waals surface area contributed by atoms with E-state index in [-0.39, 0.29) is 6.10 Å². The molecule has 0 aromatic carbocycles. The molecule has 1 aliphatic heterocycles. The summed E-state index contributed by atoms with van der Waals surface area (Å²) in [7, 11) is 0. The van der Waals surface area contributed by atoms with Crippen LogP contribution >= 0.6 is 11.3 Å². The molecular formula is C15H19N3OS. The van der Waals surface area contributed by atoms with Crippen LogP contribution in [0.2, 0.25) is 0 Å². The Hall–Kier alpha value is -1.46. The Morgan fingerprint density at radius 1 is 1.40 bits per heavy atom. The number of anilines is 1. The highest BCUT2D eigenvalue weighted by Crippen LogP contribution is 2.24. The van der Waals surface area contributed by atoms with Gasteiger partial charge in [0.05, 0.1) is 11.0 Å². The van der Waals surface area contributed by atoms with Gasteiger partial charge in [0.2, 0.25) is 0 Å². The molecule has 0 amide bonds. The van der Waals surface area contributed by atoms with Gasteiger partial charge in [-0.15, -0.1) is 11.3 Å². The van der Waals surface area contributed by atoms with Crippen LogP contribution in [0.3, 0.4) is 0 Å². The number of hydrogen-bond donors (Lipinski definition) is 0. The second-order valence-corrected chi connectivity index (χ2v) is 6.10. The third-order valence-corrected chi connectivity index (χ3v) is 4.22. The molecule has 5 heteroatoms. The van der Waals surface area contributed by atoms with Crippen molar-refractivity contribution in [3.05, 3.63) is 29.3 Å². The normalized spacial score (nSPS) is 19.9. The fourth-order valence-corrected chi connectivity index (χ4v) is 3.09. The van der Waals surface area contributed by atoms with Crippen LogP contribution in [-0.4, -0.2) is 35.8 Å². The van der Waals surface area contributed by atoms with Crippen molar-refractivity contribution >= 4 is 17.2 Å². The van der Waals surface area contributed by atoms with Gasteiger partial charge in [0.15, 0.2) is 5.82 Å². The maximum absolute atomic E-state index is 5.70. The van der Waals surface area contributed by atoms with Crippen LogP contribution in [0.1, 0.15) is 19.0 Å². The van der Waals surface area contributed by atoms with E-state index in [4.69, 9.17) is 9.72 Å². The van der Waals surface area contributed by atoms with Crippen LogP contribution in [0.5, 0.6) is 0 Å². The molecular weight excluding hydrogens is 270 g/mol. The van der Waals surface area contributed by atoms with Gasteiger partial charge in [0.25, 0.3) is 0 Å². The standard InChI is InChI=1S/C15H19N3OS/c1-11-9-14(18-6-4-7-19-12(2)10-18)17-15(16-11)13-5-3-8-20-13/h3,5,8-9,12H,4,6-7,10H2,1-2H3/t12-/m1/s1. The molecule has 0 N–H and O–H groups in total. The van der Waals surface area contributed by atoms with E-state index in [1.807, 2.05) is 13.0 Å². The number of nitrogens with zero attached hydrogens (tertiary/aromatic N) is 3. The van der Waals surface area contributed by atoms with Crippen LogP contribution < -0.4 is 4.90 Å². The summed E-state index contributed by atoms with van der Waals surface area (Å²) in [5.74, 6) is 1.84. The second kappa shape index (κ2) is 5.89. The largest absolute Gasteiger partial charge is 0.377 e. The van der Waals surface area contributed by atoms with Crippen molar-refractivity contribution in [1.29, 1.82) is 0 Å². The molecule has 0 saturated carbocycles. The lowest BCUT2D eigenvalue weighted by atomic mass is 10.3. The average Bonchev–Trinajstić information content (AvgIpc) is 2.87. The Morgan fingerprint density at radius 3 is 3.10 bits per heavy atom. The van der Waals surface area contributed by atoms with E-state index in [9.17, 15) is 0 Å². The van der Waals surface area contributed by atoms with Gasteiger partial charge in [-0.1, -0.05) is 6.07 Å². The first-order valence-electron chi connectivity index (χ1n) is 6.98. The second-order valence-electron chi connectivity index (χ2n) is 5.15. The van der Waals surface area contributed by atoms with Gasteiger partial charge >= 0.3 is 0 Å². The van der Waals surface area contributed by atoms with Gasteiger partial charge in [-0.05, 0) is 31.7 Å². The average molecular weight is 289 g/mol. The molecule has 3 heterocycles. The molecule has 20 heavy (non-hydrogen) atoms. The van der Waals surface area contributed by atoms with Crippen LogP contribution in [0.15, 0.2) is 23.6 Å². The van der Waals surface area contributed by atoms with Crippen molar-refractivity contribution in [2.75, 3.05) is 24.6 Å². The Morgan fingerprint density at radius 2 is 2.30 bits per heavy atom. The molecule has 1 aliphatic rings. The SMILES string of the molecule is Cc1cc(N2CCCO[C@H](C)C2)nc(-c2cccs2)n1. The van der Waals surface area contributed by atoms with Crippen molar-refractivity contribution in [2.24, 2.45) is 0 Å². The summed E-state index contributed by atoms with van der Waals surface area (Å²) in [5.41, 5.74) is 1.01. The zero-order valence-corrected chi connectivity index (χ0v) is 12.7. The van der Waals surface area contributed by atoms with Crippen LogP contribution in [-0.2, 0) is 4.74 Å². The Kier molecular flexibility index (Phi) is 3.98. The lowest BCUT2D eigenvalue weighted by molar-refractivity contribution is 0.0820. The summed E-state index contributed by atoms with van der Waals surface area (Å²) >= 11 is 1.68. The maximum atomic E-state index is 5.70. The highest BCUT2D eigenvalue weighted by atomic mass is 32.1. The molecule has 0 spiro atoms. The van der Waals surface area contributed by atoms with E-state index in [0.717, 1.165) is 48.3 Å². The van der Waals surface area contributed by atoms with E-state index in [0.29, 0.717) is 0 Å². The molecule has 0 unspecified atom stereocenters. The van der Waals surface area contributed by atoms with E-state index < -0.39 is 0 Å². The Balaban J connectivity index is 1.92. The topological polar surface area (TPSA) is 38.2 Å². The number of rotatable bonds is 2. The monoisotopic (exact) mass is 289 g/mol. The van der Waals surface area contributed by atoms with Gasteiger partial charge in [0, 0.05) is 31.5 Å². The predicted molar refractivity (Wildman–Crippen MR) is 82.3 cm³/mol. The van der Waals surface area contributed by atoms with Gasteiger partial charge in [-0.2, -0.15) is 0 Å². The van der Waals surface area contributed by atoms with E-state index in [2.05, 4.69) is 34.3 Å². The summed E-state index contributed by atoms with van der Waals surface area (Å²) in [5, 5.41) is 2.06. The Bertz CT molecular complexity index is 571. The number of thiophene rings is 1. The molecule has 1 saturated heterocycles. The fraction of sp³-hybridized carbons (Fsp3) is 0.467. The van der Waals surface area contributed by atoms with Gasteiger partial charge in [0.1, 0.15) is 5.82 Å². The molecule has 1 atom stereocenters. The smallest absolute Gasteiger partial charge is 0.171 e. The third kappa shape index (κ3) is 2.99. The third-order valence-electron chi connectivity index (χ3n) is 3.36. The first-order valence-corrected chi connectivity index (χ1v) is 7.86. The summed E-state index contributed by atoms with van der Waals surface area (Å²) < 4.78 is 5.70. The number of ether oxygens (including phenoxy) is 1. The molecule has 2 aromatic rings. The van der Waals surface area contributed by atoms with E-state index in [1.165, 1.54) is 0 Å². The van der Waals surface area contributed by atoms with Crippen LogP contribution in [0.4, 0.5) is 5.82 Å². The minimum Gasteiger partial charge on any atom is -0.377 e. The molecule has 3 rings (SSSR count). The van der Waals surface area contributed by atoms with Crippen molar-refractivity contribution < 1.29 is 4.74 Å². The van der Waals surface area contributed by atoms with E-state index >= 15 is 0 Å². The lowest BCUT2D eigenvalue weighted by Gasteiger charge is -2.23. The summed E-state index contributed by atoms with van der Waals surface area (Å²) in [6.07, 6.45) is 1.29. The van der Waals surface area contributed by atoms with Crippen molar-refractivity contribution in [2.45, 2.75) is 26.4 Å². The van der Waals surface area contributed by atoms with Gasteiger partial charge in [-0.25, -0.2) is 9.97 Å². The highest BCUT2D eigenvalue weighted by molar-refractivity contribution is 7.13. The molecule has 0 bridgehead atoms. The summed E-state index contributed by atoms with van der Waals surface area (Å²) in [6.45, 7) is 6.86. The molecule has 2 aromatic heterocycles. The zero-order valence-electron chi connectivity index (χ0n) is 11.9. The fourth-order valence-electron chi connectivity index (χ4n) is 2.43. The maximum Gasteiger partial charge on any atom is 0.171 e. The van der Waals surface area contributed by atoms with Gasteiger partial charge < -0.3 is 9.64 Å². The van der Waals surface area contributed by atoms with Crippen molar-refractivity contribution in [3.8, 4) is 10.7 Å². The lowest BCUT2D eigenvalue weighted by Crippen LogP contribution is -2.31. The number of aryl methyl sites for hydroxylation is 1. The molecule has 1 fully saturated rings. The minimum absolute atomic E-state index is 0.248. The Labute approximate surface area is 123 Å². The predicted octanol–water partition coefficient (Wildman–Crippen LogP) is 3.13. The number of hydrogen-bond acceptors (Lipinski definition) is 5.